The molecule has 2 N–H and O–H groups in total. The van der Waals surface area contributed by atoms with Gasteiger partial charge in [-0.15, -0.1) is 0 Å². The quantitative estimate of drug-likeness (QED) is 0.896. The van der Waals surface area contributed by atoms with Gasteiger partial charge in [0, 0.05) is 16.7 Å². The first-order valence-corrected chi connectivity index (χ1v) is 5.47. The largest absolute Gasteiger partial charge is 0.507 e. The third kappa shape index (κ3) is 2.70. The Labute approximate surface area is 107 Å². The zero-order valence-electron chi connectivity index (χ0n) is 9.73. The van der Waals surface area contributed by atoms with Gasteiger partial charge >= 0.3 is 5.97 Å². The fourth-order valence-corrected chi connectivity index (χ4v) is 1.79. The molecule has 2 aromatic carbocycles. The Morgan fingerprint density at radius 1 is 1.05 bits per heavy atom. The lowest BCUT2D eigenvalue weighted by atomic mass is 10.0. The number of para-hydroxylation sites is 1. The Bertz CT molecular complexity index is 639. The number of rotatable bonds is 3. The summed E-state index contributed by atoms with van der Waals surface area (Å²) in [5, 5.41) is 18.2. The van der Waals surface area contributed by atoms with E-state index in [1.54, 1.807) is 12.1 Å². The molecular formula is C14H10F2O3. The molecule has 0 saturated carbocycles. The number of carboxylic acid groups (broad SMARTS) is 1. The third-order valence-corrected chi connectivity index (χ3v) is 2.67. The van der Waals surface area contributed by atoms with Crippen LogP contribution in [0.15, 0.2) is 36.4 Å². The molecule has 0 saturated heterocycles. The number of carboxylic acids is 1. The number of benzene rings is 2. The van der Waals surface area contributed by atoms with E-state index in [4.69, 9.17) is 5.11 Å². The van der Waals surface area contributed by atoms with Crippen LogP contribution in [0, 0.1) is 11.6 Å². The van der Waals surface area contributed by atoms with Crippen LogP contribution in [-0.4, -0.2) is 16.2 Å². The van der Waals surface area contributed by atoms with Crippen molar-refractivity contribution in [2.24, 2.45) is 0 Å². The lowest BCUT2D eigenvalue weighted by Gasteiger charge is -2.08. The first kappa shape index (κ1) is 13.0. The number of hydrogen-bond donors (Lipinski definition) is 2. The molecule has 3 nitrogen and oxygen atoms in total. The SMILES string of the molecule is O=C(O)Cc1cc(F)c(-c2ccccc2O)cc1F. The molecule has 0 atom stereocenters. The van der Waals surface area contributed by atoms with E-state index < -0.39 is 24.0 Å². The topological polar surface area (TPSA) is 57.5 Å². The fraction of sp³-hybridized carbons (Fsp3) is 0.0714. The number of carbonyl (C=O) groups is 1. The van der Waals surface area contributed by atoms with Crippen LogP contribution in [0.25, 0.3) is 11.1 Å². The number of hydrogen-bond acceptors (Lipinski definition) is 2. The summed E-state index contributed by atoms with van der Waals surface area (Å²) < 4.78 is 27.6. The van der Waals surface area contributed by atoms with Crippen molar-refractivity contribution in [3.05, 3.63) is 53.6 Å². The van der Waals surface area contributed by atoms with Gasteiger partial charge in [-0.1, -0.05) is 18.2 Å². The van der Waals surface area contributed by atoms with Crippen LogP contribution in [0.2, 0.25) is 0 Å². The molecule has 0 amide bonds. The predicted octanol–water partition coefficient (Wildman–Crippen LogP) is 2.96. The Kier molecular flexibility index (Phi) is 3.46. The minimum Gasteiger partial charge on any atom is -0.507 e. The van der Waals surface area contributed by atoms with Crippen LogP contribution in [-0.2, 0) is 11.2 Å². The first-order chi connectivity index (χ1) is 8.99. The van der Waals surface area contributed by atoms with Crippen LogP contribution >= 0.6 is 0 Å². The summed E-state index contributed by atoms with van der Waals surface area (Å²) in [6.45, 7) is 0. The molecule has 2 rings (SSSR count). The van der Waals surface area contributed by atoms with Crippen LogP contribution in [0.4, 0.5) is 8.78 Å². The average Bonchev–Trinajstić information content (AvgIpc) is 2.34. The van der Waals surface area contributed by atoms with Crippen molar-refractivity contribution in [3.8, 4) is 16.9 Å². The maximum Gasteiger partial charge on any atom is 0.307 e. The Balaban J connectivity index is 2.52. The van der Waals surface area contributed by atoms with Crippen molar-refractivity contribution in [1.29, 1.82) is 0 Å². The summed E-state index contributed by atoms with van der Waals surface area (Å²) in [6.07, 6.45) is -0.593. The first-order valence-electron chi connectivity index (χ1n) is 5.47. The fourth-order valence-electron chi connectivity index (χ4n) is 1.79. The highest BCUT2D eigenvalue weighted by molar-refractivity contribution is 5.73. The number of phenols is 1. The molecule has 0 heterocycles. The van der Waals surface area contributed by atoms with E-state index in [2.05, 4.69) is 0 Å². The molecule has 0 aliphatic carbocycles. The minimum absolute atomic E-state index is 0.107. The molecule has 0 radical (unpaired) electrons. The molecular weight excluding hydrogens is 254 g/mol. The van der Waals surface area contributed by atoms with E-state index in [1.165, 1.54) is 12.1 Å². The van der Waals surface area contributed by atoms with Crippen LogP contribution in [0.3, 0.4) is 0 Å². The van der Waals surface area contributed by atoms with Crippen molar-refractivity contribution in [2.75, 3.05) is 0 Å². The van der Waals surface area contributed by atoms with E-state index in [9.17, 15) is 18.7 Å². The molecule has 19 heavy (non-hydrogen) atoms. The lowest BCUT2D eigenvalue weighted by Crippen LogP contribution is -2.04. The van der Waals surface area contributed by atoms with Gasteiger partial charge in [-0.3, -0.25) is 4.79 Å². The van der Waals surface area contributed by atoms with Crippen molar-refractivity contribution < 1.29 is 23.8 Å². The second kappa shape index (κ2) is 5.06. The van der Waals surface area contributed by atoms with E-state index >= 15 is 0 Å². The molecule has 5 heteroatoms. The normalized spacial score (nSPS) is 10.4. The molecule has 0 spiro atoms. The van der Waals surface area contributed by atoms with Gasteiger partial charge in [0.1, 0.15) is 17.4 Å². The highest BCUT2D eigenvalue weighted by Gasteiger charge is 2.15. The van der Waals surface area contributed by atoms with Gasteiger partial charge < -0.3 is 10.2 Å². The molecule has 0 bridgehead atoms. The maximum absolute atomic E-state index is 13.9. The average molecular weight is 264 g/mol. The monoisotopic (exact) mass is 264 g/mol. The van der Waals surface area contributed by atoms with E-state index in [-0.39, 0.29) is 22.4 Å². The van der Waals surface area contributed by atoms with Gasteiger partial charge in [0.2, 0.25) is 0 Å². The van der Waals surface area contributed by atoms with E-state index in [0.29, 0.717) is 0 Å². The summed E-state index contributed by atoms with van der Waals surface area (Å²) >= 11 is 0. The minimum atomic E-state index is -1.24. The van der Waals surface area contributed by atoms with Crippen molar-refractivity contribution in [1.82, 2.24) is 0 Å². The van der Waals surface area contributed by atoms with Crippen LogP contribution in [0.1, 0.15) is 5.56 Å². The molecule has 2 aromatic rings. The van der Waals surface area contributed by atoms with Gasteiger partial charge in [0.15, 0.2) is 0 Å². The molecule has 0 fully saturated rings. The molecule has 0 aliphatic heterocycles. The third-order valence-electron chi connectivity index (χ3n) is 2.67. The highest BCUT2D eigenvalue weighted by atomic mass is 19.1. The standard InChI is InChI=1S/C14H10F2O3/c15-11-7-10(9-3-1-2-4-13(9)17)12(16)5-8(11)6-14(18)19/h1-5,7,17H,6H2,(H,18,19). The van der Waals surface area contributed by atoms with Gasteiger partial charge in [-0.05, 0) is 18.2 Å². The van der Waals surface area contributed by atoms with Crippen LogP contribution in [0.5, 0.6) is 5.75 Å². The summed E-state index contributed by atoms with van der Waals surface area (Å²) in [4.78, 5) is 10.5. The second-order valence-corrected chi connectivity index (χ2v) is 4.01. The molecule has 0 unspecified atom stereocenters. The lowest BCUT2D eigenvalue weighted by molar-refractivity contribution is -0.136. The van der Waals surface area contributed by atoms with E-state index in [0.717, 1.165) is 12.1 Å². The highest BCUT2D eigenvalue weighted by Crippen LogP contribution is 2.32. The molecule has 0 aliphatic rings. The van der Waals surface area contributed by atoms with Gasteiger partial charge in [-0.2, -0.15) is 0 Å². The summed E-state index contributed by atoms with van der Waals surface area (Å²) in [5.41, 5.74) is -0.185. The Morgan fingerprint density at radius 2 is 1.74 bits per heavy atom. The summed E-state index contributed by atoms with van der Waals surface area (Å²) in [5.74, 6) is -3.01. The maximum atomic E-state index is 13.9. The summed E-state index contributed by atoms with van der Waals surface area (Å²) in [7, 11) is 0. The van der Waals surface area contributed by atoms with Crippen molar-refractivity contribution >= 4 is 5.97 Å². The molecule has 0 aromatic heterocycles. The molecule has 98 valence electrons. The predicted molar refractivity (Wildman–Crippen MR) is 64.8 cm³/mol. The van der Waals surface area contributed by atoms with Gasteiger partial charge in [0.25, 0.3) is 0 Å². The van der Waals surface area contributed by atoms with Gasteiger partial charge in [-0.25, -0.2) is 8.78 Å². The van der Waals surface area contributed by atoms with Gasteiger partial charge in [0.05, 0.1) is 6.42 Å². The number of aromatic hydroxyl groups is 1. The zero-order chi connectivity index (χ0) is 14.0. The van der Waals surface area contributed by atoms with Crippen molar-refractivity contribution in [2.45, 2.75) is 6.42 Å². The summed E-state index contributed by atoms with van der Waals surface area (Å²) in [6, 6.07) is 7.68. The smallest absolute Gasteiger partial charge is 0.307 e. The van der Waals surface area contributed by atoms with E-state index in [1.807, 2.05) is 0 Å². The van der Waals surface area contributed by atoms with Crippen molar-refractivity contribution in [3.63, 3.8) is 0 Å². The number of halogens is 2. The van der Waals surface area contributed by atoms with Crippen LogP contribution < -0.4 is 0 Å². The Hall–Kier alpha value is -2.43. The number of aliphatic carboxylic acids is 1. The second-order valence-electron chi connectivity index (χ2n) is 4.01. The Morgan fingerprint density at radius 3 is 2.37 bits per heavy atom. The number of phenolic OH excluding ortho intramolecular Hbond substituents is 1. The zero-order valence-corrected chi connectivity index (χ0v) is 9.73.